The first-order chi connectivity index (χ1) is 33.8. The maximum absolute atomic E-state index is 15.7. The lowest BCUT2D eigenvalue weighted by Crippen LogP contribution is -2.36. The van der Waals surface area contributed by atoms with Crippen LogP contribution >= 0.6 is 0 Å². The van der Waals surface area contributed by atoms with Gasteiger partial charge in [-0.25, -0.2) is 47.1 Å². The lowest BCUT2D eigenvalue weighted by molar-refractivity contribution is -0.330. The third-order valence-corrected chi connectivity index (χ3v) is 12.3. The monoisotopic (exact) mass is 1000 g/mol. The molecule has 3 aliphatic carbocycles. The number of alkyl carbamates (subject to hydrolysis) is 2. The fourth-order valence-corrected chi connectivity index (χ4v) is 9.16. The van der Waals surface area contributed by atoms with Crippen molar-refractivity contribution in [3.63, 3.8) is 0 Å². The molecule has 0 radical (unpaired) electrons. The Morgan fingerprint density at radius 2 is 1.44 bits per heavy atom. The molecule has 9 rings (SSSR count). The van der Waals surface area contributed by atoms with Crippen molar-refractivity contribution in [3.8, 4) is 0 Å². The first-order valence-electron chi connectivity index (χ1n) is 23.0. The first-order valence-corrected chi connectivity index (χ1v) is 23.0. The number of hydrogen-bond donors (Lipinski definition) is 5. The zero-order valence-electron chi connectivity index (χ0n) is 38.9. The number of ether oxygens (including phenoxy) is 4. The van der Waals surface area contributed by atoms with Crippen molar-refractivity contribution in [2.75, 3.05) is 17.7 Å². The Hall–Kier alpha value is -6.77. The fourth-order valence-electron chi connectivity index (χ4n) is 9.16. The Labute approximate surface area is 399 Å². The van der Waals surface area contributed by atoms with Gasteiger partial charge in [0.1, 0.15) is 41.5 Å². The number of nitrogens with one attached hydrogen (secondary N) is 5. The normalized spacial score (nSPS) is 23.4. The highest BCUT2D eigenvalue weighted by molar-refractivity contribution is 5.68. The highest BCUT2D eigenvalue weighted by Crippen LogP contribution is 2.53. The predicted molar refractivity (Wildman–Crippen MR) is 237 cm³/mol. The van der Waals surface area contributed by atoms with Crippen molar-refractivity contribution in [2.45, 2.75) is 146 Å². The lowest BCUT2D eigenvalue weighted by atomic mass is 10.0. The van der Waals surface area contributed by atoms with Gasteiger partial charge in [0.15, 0.2) is 11.6 Å². The number of alkyl halides is 7. The van der Waals surface area contributed by atoms with Crippen molar-refractivity contribution in [1.82, 2.24) is 59.3 Å². The Morgan fingerprint density at radius 3 is 2.10 bits per heavy atom. The second-order valence-electron chi connectivity index (χ2n) is 18.5. The molecule has 0 bridgehead atoms. The van der Waals surface area contributed by atoms with Gasteiger partial charge >= 0.3 is 18.5 Å². The van der Waals surface area contributed by atoms with Gasteiger partial charge in [0.2, 0.25) is 11.9 Å². The summed E-state index contributed by atoms with van der Waals surface area (Å²) in [4.78, 5) is 42.6. The molecule has 3 saturated carbocycles. The summed E-state index contributed by atoms with van der Waals surface area (Å²) in [5.41, 5.74) is 1.56. The number of anilines is 4. The number of aromatic nitrogens is 10. The van der Waals surface area contributed by atoms with Crippen molar-refractivity contribution in [2.24, 2.45) is 0 Å². The number of hydrogen-bond acceptors (Lipinski definition) is 14. The van der Waals surface area contributed by atoms with E-state index in [1.807, 2.05) is 0 Å². The molecule has 5 N–H and O–H groups in total. The summed E-state index contributed by atoms with van der Waals surface area (Å²) >= 11 is 0. The third-order valence-electron chi connectivity index (χ3n) is 12.3. The van der Waals surface area contributed by atoms with Crippen LogP contribution in [0.3, 0.4) is 0 Å². The van der Waals surface area contributed by atoms with Gasteiger partial charge in [0.05, 0.1) is 36.3 Å². The summed E-state index contributed by atoms with van der Waals surface area (Å²) in [5, 5.41) is 23.3. The summed E-state index contributed by atoms with van der Waals surface area (Å²) in [6, 6.07) is 5.06. The molecule has 6 aromatic rings. The van der Waals surface area contributed by atoms with E-state index < -0.39 is 85.6 Å². The number of methoxy groups -OCH3 is 1. The summed E-state index contributed by atoms with van der Waals surface area (Å²) < 4.78 is 124. The second-order valence-corrected chi connectivity index (χ2v) is 18.5. The third kappa shape index (κ3) is 11.1. The van der Waals surface area contributed by atoms with Crippen LogP contribution < -0.4 is 21.3 Å². The van der Waals surface area contributed by atoms with Crippen LogP contribution in [0.2, 0.25) is 0 Å². The molecule has 8 atom stereocenters. The Bertz CT molecular complexity index is 2890. The number of H-pyrrole nitrogens is 1. The van der Waals surface area contributed by atoms with Gasteiger partial charge in [-0.2, -0.15) is 10.2 Å². The number of imidazole rings is 2. The smallest absolute Gasteiger partial charge is 0.443 e. The molecule has 0 aromatic carbocycles. The van der Waals surface area contributed by atoms with Crippen LogP contribution in [0.5, 0.6) is 0 Å². The summed E-state index contributed by atoms with van der Waals surface area (Å²) in [7, 11) is 1.47. The lowest BCUT2D eigenvalue weighted by Gasteiger charge is -2.18. The molecule has 0 aliphatic heterocycles. The number of halogens is 7. The topological polar surface area (TPSA) is 226 Å². The van der Waals surface area contributed by atoms with Crippen LogP contribution in [0.4, 0.5) is 63.9 Å². The van der Waals surface area contributed by atoms with Gasteiger partial charge in [-0.3, -0.25) is 23.3 Å². The van der Waals surface area contributed by atoms with E-state index in [9.17, 15) is 31.5 Å². The van der Waals surface area contributed by atoms with Gasteiger partial charge in [-0.05, 0) is 59.8 Å². The zero-order valence-corrected chi connectivity index (χ0v) is 38.9. The van der Waals surface area contributed by atoms with Crippen LogP contribution in [0.1, 0.15) is 124 Å². The minimum absolute atomic E-state index is 0.0383. The number of fused-ring (bicyclic) bond motifs is 2. The van der Waals surface area contributed by atoms with E-state index in [1.165, 1.54) is 22.1 Å². The standard InChI is InChI=1S/C44H51F7N14O6/c1-19(2)52-42(66)70-32-7-6-24(38(32)46)28-11-34(61-60-28)58-40-56-27(12-36-55-23(16-64(36)40)18-69-44(49,50)51)25-10-31(25)65-30(21-8-26(45)33(9-21)71-43(67)53-20(3)4)14-35(62-65)59-41-57-29(39(47)48)13-37-54-22(17-68-5)15-63(37)41/h11-16,19-21,24-26,31-33,38-39H,6-10,17-18H2,1-5H3,(H,52,66)(H,53,67)(H,57,59,62)(H2,56,58,60,61)/t21-,24-,25?,26+,31?,32-,33-,38+/m0/s1. The van der Waals surface area contributed by atoms with E-state index in [0.29, 0.717) is 35.6 Å². The molecule has 2 unspecified atom stereocenters. The summed E-state index contributed by atoms with van der Waals surface area (Å²) in [6.07, 6.45) is -10.6. The van der Waals surface area contributed by atoms with Crippen molar-refractivity contribution in [1.29, 1.82) is 0 Å². The number of carbonyl (C=O) groups excluding carboxylic acids is 2. The molecule has 71 heavy (non-hydrogen) atoms. The molecule has 2 amide bonds. The largest absolute Gasteiger partial charge is 0.522 e. The molecule has 3 fully saturated rings. The van der Waals surface area contributed by atoms with Crippen molar-refractivity contribution in [3.05, 3.63) is 70.8 Å². The molecule has 6 heterocycles. The highest BCUT2D eigenvalue weighted by atomic mass is 19.4. The van der Waals surface area contributed by atoms with Gasteiger partial charge in [0.25, 0.3) is 6.43 Å². The van der Waals surface area contributed by atoms with E-state index in [0.717, 1.165) is 6.07 Å². The average Bonchev–Trinajstić information content (AvgIpc) is 3.93. The maximum atomic E-state index is 15.7. The number of nitrogens with zero attached hydrogens (tertiary/aromatic N) is 9. The Balaban J connectivity index is 1.03. The van der Waals surface area contributed by atoms with Gasteiger partial charge < -0.3 is 35.5 Å². The number of aromatic amines is 1. The number of amides is 2. The van der Waals surface area contributed by atoms with E-state index in [-0.39, 0.29) is 78.5 Å². The quantitative estimate of drug-likeness (QED) is 0.0541. The maximum Gasteiger partial charge on any atom is 0.522 e. The fraction of sp³-hybridized carbons (Fsp3) is 0.545. The molecular formula is C44H51F7N14O6. The molecule has 27 heteroatoms. The molecule has 0 spiro atoms. The Morgan fingerprint density at radius 1 is 0.789 bits per heavy atom. The molecule has 6 aromatic heterocycles. The summed E-state index contributed by atoms with van der Waals surface area (Å²) in [5.74, 6) is -1.24. The number of rotatable bonds is 17. The molecule has 0 saturated heterocycles. The molecule has 382 valence electrons. The van der Waals surface area contributed by atoms with E-state index >= 15 is 8.78 Å². The van der Waals surface area contributed by atoms with Gasteiger partial charge in [-0.1, -0.05) is 0 Å². The molecule has 20 nitrogen and oxygen atoms in total. The molecule has 3 aliphatic rings. The van der Waals surface area contributed by atoms with Crippen LogP contribution in [0, 0.1) is 0 Å². The zero-order chi connectivity index (χ0) is 50.5. The highest BCUT2D eigenvalue weighted by Gasteiger charge is 2.47. The minimum atomic E-state index is -4.94. The van der Waals surface area contributed by atoms with Crippen molar-refractivity contribution >= 4 is 47.0 Å². The van der Waals surface area contributed by atoms with E-state index in [4.69, 9.17) is 24.3 Å². The van der Waals surface area contributed by atoms with Crippen LogP contribution in [0.15, 0.2) is 36.7 Å². The second kappa shape index (κ2) is 19.8. The first kappa shape index (κ1) is 49.2. The predicted octanol–water partition coefficient (Wildman–Crippen LogP) is 8.47. The number of carbonyl (C=O) groups is 2. The Kier molecular flexibility index (Phi) is 13.7. The van der Waals surface area contributed by atoms with E-state index in [2.05, 4.69) is 51.2 Å². The SMILES string of the molecule is COCc1cn2c(Nc3cc([C@H]4C[C@@H](F)[C@@H](OC(=O)NC(C)C)C4)n(C4CC4c4cc5nc(COC(F)(F)F)cn5c(Nc5cc([C@@H]6CC[C@H](OC(=O)NC(C)C)[C@@H]6F)[nH]n5)n4)n3)nc(C(F)F)cc2n1. The van der Waals surface area contributed by atoms with Crippen LogP contribution in [0.25, 0.3) is 11.3 Å². The van der Waals surface area contributed by atoms with Crippen LogP contribution in [-0.4, -0.2) is 111 Å². The van der Waals surface area contributed by atoms with Crippen LogP contribution in [-0.2, 0) is 32.2 Å². The van der Waals surface area contributed by atoms with Gasteiger partial charge in [0, 0.05) is 85.0 Å². The minimum Gasteiger partial charge on any atom is -0.443 e. The van der Waals surface area contributed by atoms with Gasteiger partial charge in [-0.15, -0.1) is 13.2 Å². The van der Waals surface area contributed by atoms with E-state index in [1.54, 1.807) is 56.8 Å². The average molecular weight is 1000 g/mol. The molecular weight excluding hydrogens is 954 g/mol. The van der Waals surface area contributed by atoms with Crippen molar-refractivity contribution < 1.29 is 59.3 Å². The summed E-state index contributed by atoms with van der Waals surface area (Å²) in [6.45, 7) is 6.17.